The molecule has 20 heavy (non-hydrogen) atoms. The third-order valence-corrected chi connectivity index (χ3v) is 4.55. The Morgan fingerprint density at radius 3 is 2.85 bits per heavy atom. The second-order valence-electron chi connectivity index (χ2n) is 4.52. The van der Waals surface area contributed by atoms with Crippen LogP contribution in [0.25, 0.3) is 0 Å². The lowest BCUT2D eigenvalue weighted by atomic mass is 10.2. The molecule has 0 N–H and O–H groups in total. The smallest absolute Gasteiger partial charge is 0.354 e. The van der Waals surface area contributed by atoms with Crippen molar-refractivity contribution < 1.29 is 13.2 Å². The van der Waals surface area contributed by atoms with E-state index in [1.807, 2.05) is 24.8 Å². The molecule has 0 aliphatic carbocycles. The Bertz CT molecular complexity index is 525. The summed E-state index contributed by atoms with van der Waals surface area (Å²) in [5.41, 5.74) is -0.752. The number of halogens is 3. The van der Waals surface area contributed by atoms with E-state index >= 15 is 0 Å². The van der Waals surface area contributed by atoms with Gasteiger partial charge in [0, 0.05) is 24.1 Å². The largest absolute Gasteiger partial charge is 0.433 e. The fourth-order valence-corrected chi connectivity index (χ4v) is 3.27. The molecular weight excluding hydrogens is 287 g/mol. The lowest BCUT2D eigenvalue weighted by Gasteiger charge is -2.33. The maximum absolute atomic E-state index is 12.7. The SMILES string of the molecule is CCC1CN(c2nc(C(F)(F)F)ccc2C#N)CCS1. The summed E-state index contributed by atoms with van der Waals surface area (Å²) in [6.45, 7) is 3.29. The molecule has 7 heteroatoms. The Balaban J connectivity index is 2.36. The van der Waals surface area contributed by atoms with Crippen molar-refractivity contribution in [1.82, 2.24) is 4.98 Å². The summed E-state index contributed by atoms with van der Waals surface area (Å²) >= 11 is 1.81. The van der Waals surface area contributed by atoms with Crippen LogP contribution in [0.1, 0.15) is 24.6 Å². The predicted molar refractivity (Wildman–Crippen MR) is 72.7 cm³/mol. The van der Waals surface area contributed by atoms with Crippen molar-refractivity contribution in [1.29, 1.82) is 5.26 Å². The molecule has 1 aliphatic heterocycles. The average molecular weight is 301 g/mol. The normalized spacial score (nSPS) is 19.8. The van der Waals surface area contributed by atoms with Crippen molar-refractivity contribution >= 4 is 17.6 Å². The molecule has 0 saturated carbocycles. The monoisotopic (exact) mass is 301 g/mol. The number of pyridine rings is 1. The quantitative estimate of drug-likeness (QED) is 0.840. The summed E-state index contributed by atoms with van der Waals surface area (Å²) in [5.74, 6) is 0.988. The van der Waals surface area contributed by atoms with Gasteiger partial charge < -0.3 is 4.90 Å². The van der Waals surface area contributed by atoms with Gasteiger partial charge in [-0.3, -0.25) is 0 Å². The molecule has 0 spiro atoms. The molecule has 0 aromatic carbocycles. The Labute approximate surface area is 119 Å². The molecule has 108 valence electrons. The number of nitriles is 1. The lowest BCUT2D eigenvalue weighted by molar-refractivity contribution is -0.141. The minimum atomic E-state index is -4.49. The van der Waals surface area contributed by atoms with Crippen molar-refractivity contribution in [3.05, 3.63) is 23.4 Å². The maximum atomic E-state index is 12.7. The van der Waals surface area contributed by atoms with Crippen LogP contribution in [0.3, 0.4) is 0 Å². The van der Waals surface area contributed by atoms with Gasteiger partial charge in [-0.2, -0.15) is 30.2 Å². The molecule has 1 unspecified atom stereocenters. The predicted octanol–water partition coefficient (Wildman–Crippen LogP) is 3.30. The number of aromatic nitrogens is 1. The van der Waals surface area contributed by atoms with Gasteiger partial charge in [0.05, 0.1) is 5.56 Å². The molecular formula is C13H14F3N3S. The molecule has 1 fully saturated rings. The first-order valence-corrected chi connectivity index (χ1v) is 7.35. The number of hydrogen-bond donors (Lipinski definition) is 0. The van der Waals surface area contributed by atoms with Gasteiger partial charge in [-0.15, -0.1) is 0 Å². The van der Waals surface area contributed by atoms with E-state index in [9.17, 15) is 13.2 Å². The molecule has 1 saturated heterocycles. The van der Waals surface area contributed by atoms with Crippen molar-refractivity contribution in [2.24, 2.45) is 0 Å². The van der Waals surface area contributed by atoms with Crippen molar-refractivity contribution in [2.45, 2.75) is 24.8 Å². The standard InChI is InChI=1S/C13H14F3N3S/c1-2-10-8-19(5-6-20-10)12-9(7-17)3-4-11(18-12)13(14,15)16/h3-4,10H,2,5-6,8H2,1H3. The Hall–Kier alpha value is -1.42. The van der Waals surface area contributed by atoms with Crippen LogP contribution in [0.15, 0.2) is 12.1 Å². The maximum Gasteiger partial charge on any atom is 0.433 e. The van der Waals surface area contributed by atoms with Crippen LogP contribution in [0.5, 0.6) is 0 Å². The van der Waals surface area contributed by atoms with Crippen LogP contribution < -0.4 is 4.90 Å². The second-order valence-corrected chi connectivity index (χ2v) is 5.93. The summed E-state index contributed by atoms with van der Waals surface area (Å²) in [5, 5.41) is 9.43. The van der Waals surface area contributed by atoms with Gasteiger partial charge in [0.1, 0.15) is 17.6 Å². The highest BCUT2D eigenvalue weighted by atomic mass is 32.2. The Kier molecular flexibility index (Phi) is 4.43. The van der Waals surface area contributed by atoms with Gasteiger partial charge in [-0.1, -0.05) is 6.92 Å². The molecule has 1 aromatic heterocycles. The minimum Gasteiger partial charge on any atom is -0.354 e. The van der Waals surface area contributed by atoms with Gasteiger partial charge in [0.15, 0.2) is 0 Å². The lowest BCUT2D eigenvalue weighted by Crippen LogP contribution is -2.38. The number of nitrogens with zero attached hydrogens (tertiary/aromatic N) is 3. The van der Waals surface area contributed by atoms with Crippen LogP contribution >= 0.6 is 11.8 Å². The topological polar surface area (TPSA) is 39.9 Å². The zero-order valence-electron chi connectivity index (χ0n) is 10.9. The zero-order chi connectivity index (χ0) is 14.8. The van der Waals surface area contributed by atoms with Crippen LogP contribution in [-0.2, 0) is 6.18 Å². The van der Waals surface area contributed by atoms with Crippen molar-refractivity contribution in [3.63, 3.8) is 0 Å². The third kappa shape index (κ3) is 3.18. The highest BCUT2D eigenvalue weighted by molar-refractivity contribution is 8.00. The second kappa shape index (κ2) is 5.92. The van der Waals surface area contributed by atoms with E-state index in [1.165, 1.54) is 6.07 Å². The molecule has 0 radical (unpaired) electrons. The number of anilines is 1. The van der Waals surface area contributed by atoms with Crippen LogP contribution in [0, 0.1) is 11.3 Å². The van der Waals surface area contributed by atoms with Crippen LogP contribution in [0.4, 0.5) is 19.0 Å². The summed E-state index contributed by atoms with van der Waals surface area (Å²) in [4.78, 5) is 5.47. The summed E-state index contributed by atoms with van der Waals surface area (Å²) in [7, 11) is 0. The molecule has 1 aromatic rings. The summed E-state index contributed by atoms with van der Waals surface area (Å²) in [6.07, 6.45) is -3.54. The van der Waals surface area contributed by atoms with E-state index in [0.29, 0.717) is 18.3 Å². The van der Waals surface area contributed by atoms with Gasteiger partial charge in [0.2, 0.25) is 0 Å². The number of alkyl halides is 3. The fourth-order valence-electron chi connectivity index (χ4n) is 2.09. The Morgan fingerprint density at radius 2 is 2.25 bits per heavy atom. The van der Waals surface area contributed by atoms with Crippen molar-refractivity contribution in [2.75, 3.05) is 23.7 Å². The molecule has 2 rings (SSSR count). The minimum absolute atomic E-state index is 0.154. The van der Waals surface area contributed by atoms with Gasteiger partial charge in [-0.25, -0.2) is 4.98 Å². The van der Waals surface area contributed by atoms with E-state index in [4.69, 9.17) is 5.26 Å². The first-order chi connectivity index (χ1) is 9.45. The number of thioether (sulfide) groups is 1. The average Bonchev–Trinajstić information content (AvgIpc) is 2.45. The van der Waals surface area contributed by atoms with Crippen LogP contribution in [0.2, 0.25) is 0 Å². The van der Waals surface area contributed by atoms with Crippen molar-refractivity contribution in [3.8, 4) is 6.07 Å². The van der Waals surface area contributed by atoms with E-state index in [-0.39, 0.29) is 11.4 Å². The van der Waals surface area contributed by atoms with Gasteiger partial charge in [0.25, 0.3) is 0 Å². The highest BCUT2D eigenvalue weighted by Gasteiger charge is 2.34. The molecule has 3 nitrogen and oxygen atoms in total. The summed E-state index contributed by atoms with van der Waals surface area (Å²) in [6, 6.07) is 3.99. The Morgan fingerprint density at radius 1 is 1.50 bits per heavy atom. The first-order valence-electron chi connectivity index (χ1n) is 6.30. The molecule has 0 amide bonds. The fraction of sp³-hybridized carbons (Fsp3) is 0.538. The van der Waals surface area contributed by atoms with E-state index in [2.05, 4.69) is 4.98 Å². The molecule has 1 aliphatic rings. The number of hydrogen-bond acceptors (Lipinski definition) is 4. The number of rotatable bonds is 2. The van der Waals surface area contributed by atoms with Gasteiger partial charge in [-0.05, 0) is 18.6 Å². The van der Waals surface area contributed by atoms with E-state index in [1.54, 1.807) is 4.90 Å². The molecule has 0 bridgehead atoms. The van der Waals surface area contributed by atoms with Gasteiger partial charge >= 0.3 is 6.18 Å². The third-order valence-electron chi connectivity index (χ3n) is 3.18. The highest BCUT2D eigenvalue weighted by Crippen LogP contribution is 2.32. The molecule has 2 heterocycles. The van der Waals surface area contributed by atoms with Crippen LogP contribution in [-0.4, -0.2) is 29.1 Å². The van der Waals surface area contributed by atoms with E-state index in [0.717, 1.165) is 18.2 Å². The first kappa shape index (κ1) is 15.0. The zero-order valence-corrected chi connectivity index (χ0v) is 11.8. The summed E-state index contributed by atoms with van der Waals surface area (Å²) < 4.78 is 38.2. The molecule has 1 atom stereocenters. The van der Waals surface area contributed by atoms with E-state index < -0.39 is 11.9 Å².